The molecule has 0 aliphatic rings. The largest absolute Gasteiger partial charge is 0.496 e. The maximum atomic E-state index is 12.0. The van der Waals surface area contributed by atoms with E-state index in [1.807, 2.05) is 31.2 Å². The Morgan fingerprint density at radius 3 is 3.00 bits per heavy atom. The highest BCUT2D eigenvalue weighted by Crippen LogP contribution is 2.24. The Balaban J connectivity index is 1.88. The average Bonchev–Trinajstić information content (AvgIpc) is 2.97. The quantitative estimate of drug-likeness (QED) is 0.830. The van der Waals surface area contributed by atoms with Crippen molar-refractivity contribution < 1.29 is 9.53 Å². The highest BCUT2D eigenvalue weighted by molar-refractivity contribution is 8.02. The summed E-state index contributed by atoms with van der Waals surface area (Å²) in [6.45, 7) is 2.30. The predicted molar refractivity (Wildman–Crippen MR) is 80.1 cm³/mol. The molecule has 2 aromatic rings. The summed E-state index contributed by atoms with van der Waals surface area (Å²) in [6, 6.07) is 7.63. The van der Waals surface area contributed by atoms with Gasteiger partial charge in [0, 0.05) is 12.1 Å². The third-order valence-corrected chi connectivity index (χ3v) is 4.54. The summed E-state index contributed by atoms with van der Waals surface area (Å²) in [5.74, 6) is 0.744. The molecule has 1 aromatic carbocycles. The topological polar surface area (TPSA) is 64.1 Å². The lowest BCUT2D eigenvalue weighted by molar-refractivity contribution is -0.120. The number of nitrogens with one attached hydrogen (secondary N) is 1. The number of carbonyl (C=O) groups is 1. The maximum absolute atomic E-state index is 12.0. The van der Waals surface area contributed by atoms with Crippen molar-refractivity contribution in [2.75, 3.05) is 7.11 Å². The molecule has 106 valence electrons. The number of thioether (sulfide) groups is 1. The van der Waals surface area contributed by atoms with Crippen LogP contribution >= 0.6 is 23.1 Å². The molecule has 1 N–H and O–H groups in total. The van der Waals surface area contributed by atoms with Crippen molar-refractivity contribution in [3.05, 3.63) is 35.3 Å². The lowest BCUT2D eigenvalue weighted by atomic mass is 10.2. The minimum Gasteiger partial charge on any atom is -0.496 e. The van der Waals surface area contributed by atoms with Gasteiger partial charge in [0.05, 0.1) is 12.4 Å². The predicted octanol–water partition coefficient (Wildman–Crippen LogP) is 2.34. The van der Waals surface area contributed by atoms with Gasteiger partial charge in [0.1, 0.15) is 11.3 Å². The number of benzene rings is 1. The van der Waals surface area contributed by atoms with E-state index in [-0.39, 0.29) is 11.2 Å². The zero-order chi connectivity index (χ0) is 14.4. The van der Waals surface area contributed by atoms with Gasteiger partial charge >= 0.3 is 0 Å². The zero-order valence-corrected chi connectivity index (χ0v) is 12.8. The van der Waals surface area contributed by atoms with Crippen molar-refractivity contribution in [1.29, 1.82) is 0 Å². The van der Waals surface area contributed by atoms with Crippen LogP contribution in [0.15, 0.2) is 34.1 Å². The molecule has 0 saturated carbocycles. The molecule has 0 bridgehead atoms. The van der Waals surface area contributed by atoms with Gasteiger partial charge in [0.2, 0.25) is 5.91 Å². The molecule has 0 radical (unpaired) electrons. The first kappa shape index (κ1) is 14.8. The monoisotopic (exact) mass is 309 g/mol. The first-order valence-corrected chi connectivity index (χ1v) is 7.79. The number of amides is 1. The van der Waals surface area contributed by atoms with Gasteiger partial charge in [0.25, 0.3) is 0 Å². The minimum atomic E-state index is -0.211. The maximum Gasteiger partial charge on any atom is 0.233 e. The highest BCUT2D eigenvalue weighted by Gasteiger charge is 2.16. The second-order valence-corrected chi connectivity index (χ2v) is 6.42. The van der Waals surface area contributed by atoms with E-state index in [1.54, 1.807) is 12.6 Å². The first-order valence-electron chi connectivity index (χ1n) is 6.03. The van der Waals surface area contributed by atoms with Crippen LogP contribution in [0.3, 0.4) is 0 Å². The van der Waals surface area contributed by atoms with E-state index < -0.39 is 0 Å². The van der Waals surface area contributed by atoms with Gasteiger partial charge in [-0.25, -0.2) is 0 Å². The third-order valence-electron chi connectivity index (χ3n) is 2.63. The fourth-order valence-corrected chi connectivity index (χ4v) is 3.24. The summed E-state index contributed by atoms with van der Waals surface area (Å²) in [5.41, 5.74) is 2.61. The van der Waals surface area contributed by atoms with E-state index in [0.717, 1.165) is 15.7 Å². The number of methoxy groups -OCH3 is 1. The van der Waals surface area contributed by atoms with Gasteiger partial charge in [-0.2, -0.15) is 0 Å². The SMILES string of the molecule is COc1ccccc1CNC(=O)C(C)Sc1nncs1. The molecule has 5 nitrogen and oxygen atoms in total. The molecular formula is C13H15N3O2S2. The van der Waals surface area contributed by atoms with Crippen LogP contribution in [-0.4, -0.2) is 28.5 Å². The molecular weight excluding hydrogens is 294 g/mol. The highest BCUT2D eigenvalue weighted by atomic mass is 32.2. The van der Waals surface area contributed by atoms with E-state index in [9.17, 15) is 4.79 Å². The van der Waals surface area contributed by atoms with Crippen molar-refractivity contribution in [2.24, 2.45) is 0 Å². The molecule has 7 heteroatoms. The van der Waals surface area contributed by atoms with Gasteiger partial charge in [-0.05, 0) is 13.0 Å². The van der Waals surface area contributed by atoms with Gasteiger partial charge < -0.3 is 10.1 Å². The number of ether oxygens (including phenoxy) is 1. The standard InChI is InChI=1S/C13H15N3O2S2/c1-9(20-13-16-15-8-19-13)12(17)14-7-10-5-3-4-6-11(10)18-2/h3-6,8-9H,7H2,1-2H3,(H,14,17). The van der Waals surface area contributed by atoms with Gasteiger partial charge in [-0.3, -0.25) is 4.79 Å². The summed E-state index contributed by atoms with van der Waals surface area (Å²) < 4.78 is 6.05. The van der Waals surface area contributed by atoms with Crippen molar-refractivity contribution in [3.63, 3.8) is 0 Å². The van der Waals surface area contributed by atoms with Crippen LogP contribution in [0.25, 0.3) is 0 Å². The molecule has 0 spiro atoms. The number of carbonyl (C=O) groups excluding carboxylic acids is 1. The van der Waals surface area contributed by atoms with Crippen LogP contribution in [0.1, 0.15) is 12.5 Å². The summed E-state index contributed by atoms with van der Waals surface area (Å²) in [6.07, 6.45) is 0. The van der Waals surface area contributed by atoms with Crippen molar-refractivity contribution in [1.82, 2.24) is 15.5 Å². The lowest BCUT2D eigenvalue weighted by Gasteiger charge is -2.12. The zero-order valence-electron chi connectivity index (χ0n) is 11.2. The van der Waals surface area contributed by atoms with Crippen LogP contribution in [0.4, 0.5) is 0 Å². The van der Waals surface area contributed by atoms with E-state index in [2.05, 4.69) is 15.5 Å². The third kappa shape index (κ3) is 3.94. The smallest absolute Gasteiger partial charge is 0.233 e. The van der Waals surface area contributed by atoms with Crippen molar-refractivity contribution in [2.45, 2.75) is 23.1 Å². The molecule has 1 heterocycles. The number of hydrogen-bond acceptors (Lipinski definition) is 6. The van der Waals surface area contributed by atoms with Crippen molar-refractivity contribution >= 4 is 29.0 Å². The number of para-hydroxylation sites is 1. The molecule has 20 heavy (non-hydrogen) atoms. The first-order chi connectivity index (χ1) is 9.70. The van der Waals surface area contributed by atoms with E-state index in [1.165, 1.54) is 23.1 Å². The van der Waals surface area contributed by atoms with E-state index in [4.69, 9.17) is 4.74 Å². The molecule has 0 fully saturated rings. The molecule has 1 atom stereocenters. The van der Waals surface area contributed by atoms with Crippen LogP contribution in [0, 0.1) is 0 Å². The number of aromatic nitrogens is 2. The molecule has 1 aromatic heterocycles. The lowest BCUT2D eigenvalue weighted by Crippen LogP contribution is -2.30. The summed E-state index contributed by atoms with van der Waals surface area (Å²) in [4.78, 5) is 12.0. The Labute approximate surface area is 125 Å². The number of hydrogen-bond donors (Lipinski definition) is 1. The van der Waals surface area contributed by atoms with Crippen molar-refractivity contribution in [3.8, 4) is 5.75 Å². The van der Waals surface area contributed by atoms with Crippen LogP contribution in [0.5, 0.6) is 5.75 Å². The Hall–Kier alpha value is -1.60. The molecule has 1 amide bonds. The second kappa shape index (κ2) is 7.25. The normalized spacial score (nSPS) is 11.9. The van der Waals surface area contributed by atoms with Crippen LogP contribution in [0.2, 0.25) is 0 Å². The average molecular weight is 309 g/mol. The van der Waals surface area contributed by atoms with E-state index in [0.29, 0.717) is 6.54 Å². The van der Waals surface area contributed by atoms with E-state index >= 15 is 0 Å². The van der Waals surface area contributed by atoms with Crippen LogP contribution < -0.4 is 10.1 Å². The minimum absolute atomic E-state index is 0.0314. The Morgan fingerprint density at radius 1 is 1.50 bits per heavy atom. The molecule has 0 saturated heterocycles. The Bertz CT molecular complexity index is 561. The van der Waals surface area contributed by atoms with Gasteiger partial charge in [-0.1, -0.05) is 41.3 Å². The van der Waals surface area contributed by atoms with Gasteiger partial charge in [0.15, 0.2) is 4.34 Å². The molecule has 1 unspecified atom stereocenters. The number of rotatable bonds is 6. The fourth-order valence-electron chi connectivity index (χ4n) is 1.59. The Kier molecular flexibility index (Phi) is 5.37. The summed E-state index contributed by atoms with van der Waals surface area (Å²) in [7, 11) is 1.62. The van der Waals surface area contributed by atoms with Gasteiger partial charge in [-0.15, -0.1) is 10.2 Å². The summed E-state index contributed by atoms with van der Waals surface area (Å²) >= 11 is 2.83. The Morgan fingerprint density at radius 2 is 2.30 bits per heavy atom. The fraction of sp³-hybridized carbons (Fsp3) is 0.308. The number of nitrogens with zero attached hydrogens (tertiary/aromatic N) is 2. The molecule has 0 aliphatic carbocycles. The van der Waals surface area contributed by atoms with Crippen LogP contribution in [-0.2, 0) is 11.3 Å². The second-order valence-electron chi connectivity index (χ2n) is 3.99. The molecule has 2 rings (SSSR count). The summed E-state index contributed by atoms with van der Waals surface area (Å²) in [5, 5.41) is 10.4. The molecule has 0 aliphatic heterocycles.